The van der Waals surface area contributed by atoms with Crippen molar-refractivity contribution in [2.75, 3.05) is 11.5 Å². The van der Waals surface area contributed by atoms with Crippen LogP contribution in [0.5, 0.6) is 0 Å². The number of aryl methyl sites for hydroxylation is 2. The van der Waals surface area contributed by atoms with E-state index in [1.54, 1.807) is 0 Å². The number of rotatable bonds is 3. The van der Waals surface area contributed by atoms with Crippen LogP contribution in [0.1, 0.15) is 30.3 Å². The van der Waals surface area contributed by atoms with Gasteiger partial charge in [0.1, 0.15) is 0 Å². The highest BCUT2D eigenvalue weighted by molar-refractivity contribution is 7.91. The van der Waals surface area contributed by atoms with Gasteiger partial charge in [0.2, 0.25) is 0 Å². The highest BCUT2D eigenvalue weighted by atomic mass is 32.2. The van der Waals surface area contributed by atoms with Crippen molar-refractivity contribution in [2.45, 2.75) is 39.3 Å². The van der Waals surface area contributed by atoms with Gasteiger partial charge in [0.25, 0.3) is 0 Å². The SMILES string of the molecule is Cc1nn(C)c(C)c1CNC1(C)CCS(=O)(=O)C1. The number of nitrogens with one attached hydrogen (secondary N) is 1. The van der Waals surface area contributed by atoms with Crippen molar-refractivity contribution in [3.8, 4) is 0 Å². The first-order valence-electron chi connectivity index (χ1n) is 6.17. The van der Waals surface area contributed by atoms with Crippen LogP contribution < -0.4 is 5.32 Å². The van der Waals surface area contributed by atoms with Crippen LogP contribution in [0.2, 0.25) is 0 Å². The molecular weight excluding hydrogens is 250 g/mol. The summed E-state index contributed by atoms with van der Waals surface area (Å²) in [6, 6.07) is 0. The van der Waals surface area contributed by atoms with E-state index in [4.69, 9.17) is 0 Å². The highest BCUT2D eigenvalue weighted by Crippen LogP contribution is 2.24. The molecule has 1 saturated heterocycles. The van der Waals surface area contributed by atoms with Gasteiger partial charge in [-0.15, -0.1) is 0 Å². The molecule has 0 radical (unpaired) electrons. The lowest BCUT2D eigenvalue weighted by Crippen LogP contribution is -2.43. The summed E-state index contributed by atoms with van der Waals surface area (Å²) in [7, 11) is -0.932. The van der Waals surface area contributed by atoms with Crippen molar-refractivity contribution in [3.05, 3.63) is 17.0 Å². The number of sulfone groups is 1. The summed E-state index contributed by atoms with van der Waals surface area (Å²) >= 11 is 0. The Hall–Kier alpha value is -0.880. The van der Waals surface area contributed by atoms with Crippen LogP contribution in [0.3, 0.4) is 0 Å². The van der Waals surface area contributed by atoms with Crippen molar-refractivity contribution in [2.24, 2.45) is 7.05 Å². The zero-order valence-corrected chi connectivity index (χ0v) is 12.3. The maximum absolute atomic E-state index is 11.5. The van der Waals surface area contributed by atoms with Gasteiger partial charge in [-0.3, -0.25) is 4.68 Å². The molecule has 18 heavy (non-hydrogen) atoms. The first-order chi connectivity index (χ1) is 8.22. The normalized spacial score (nSPS) is 26.7. The van der Waals surface area contributed by atoms with Gasteiger partial charge in [-0.05, 0) is 27.2 Å². The molecule has 0 aromatic carbocycles. The Morgan fingerprint density at radius 2 is 2.11 bits per heavy atom. The lowest BCUT2D eigenvalue weighted by atomic mass is 10.0. The van der Waals surface area contributed by atoms with E-state index in [-0.39, 0.29) is 11.3 Å². The third kappa shape index (κ3) is 2.59. The molecule has 102 valence electrons. The van der Waals surface area contributed by atoms with Gasteiger partial charge in [-0.25, -0.2) is 8.42 Å². The fourth-order valence-corrected chi connectivity index (χ4v) is 4.65. The van der Waals surface area contributed by atoms with Crippen molar-refractivity contribution in [3.63, 3.8) is 0 Å². The minimum Gasteiger partial charge on any atom is -0.306 e. The number of nitrogens with zero attached hydrogens (tertiary/aromatic N) is 2. The summed E-state index contributed by atoms with van der Waals surface area (Å²) in [4.78, 5) is 0. The lowest BCUT2D eigenvalue weighted by Gasteiger charge is -2.24. The van der Waals surface area contributed by atoms with Crippen LogP contribution in [0.4, 0.5) is 0 Å². The fraction of sp³-hybridized carbons (Fsp3) is 0.750. The summed E-state index contributed by atoms with van der Waals surface area (Å²) in [5, 5.41) is 7.76. The van der Waals surface area contributed by atoms with Crippen LogP contribution in [-0.2, 0) is 23.4 Å². The molecule has 2 rings (SSSR count). The van der Waals surface area contributed by atoms with Gasteiger partial charge in [0.05, 0.1) is 17.2 Å². The molecule has 1 N–H and O–H groups in total. The Kier molecular flexibility index (Phi) is 3.27. The predicted octanol–water partition coefficient (Wildman–Crippen LogP) is 0.704. The highest BCUT2D eigenvalue weighted by Gasteiger charge is 2.37. The molecule has 0 saturated carbocycles. The Morgan fingerprint density at radius 1 is 1.44 bits per heavy atom. The van der Waals surface area contributed by atoms with E-state index in [9.17, 15) is 8.42 Å². The summed E-state index contributed by atoms with van der Waals surface area (Å²) in [6.07, 6.45) is 0.688. The molecule has 0 spiro atoms. The van der Waals surface area contributed by atoms with Crippen molar-refractivity contribution >= 4 is 9.84 Å². The maximum atomic E-state index is 11.5. The van der Waals surface area contributed by atoms with Gasteiger partial charge in [-0.2, -0.15) is 5.10 Å². The molecule has 1 fully saturated rings. The second-order valence-corrected chi connectivity index (χ2v) is 7.71. The summed E-state index contributed by atoms with van der Waals surface area (Å²) in [5.41, 5.74) is 3.01. The topological polar surface area (TPSA) is 64.0 Å². The molecule has 0 bridgehead atoms. The lowest BCUT2D eigenvalue weighted by molar-refractivity contribution is 0.394. The zero-order chi connectivity index (χ0) is 13.6. The van der Waals surface area contributed by atoms with Crippen LogP contribution in [0.15, 0.2) is 0 Å². The zero-order valence-electron chi connectivity index (χ0n) is 11.4. The molecular formula is C12H21N3O2S. The average Bonchev–Trinajstić information content (AvgIpc) is 2.65. The Labute approximate surface area is 108 Å². The van der Waals surface area contributed by atoms with Gasteiger partial charge in [0.15, 0.2) is 9.84 Å². The van der Waals surface area contributed by atoms with Crippen LogP contribution >= 0.6 is 0 Å². The quantitative estimate of drug-likeness (QED) is 0.879. The minimum atomic E-state index is -2.86. The van der Waals surface area contributed by atoms with Gasteiger partial charge < -0.3 is 5.32 Å². The van der Waals surface area contributed by atoms with Crippen LogP contribution in [-0.4, -0.2) is 35.2 Å². The van der Waals surface area contributed by atoms with Gasteiger partial charge in [0, 0.05) is 30.4 Å². The second-order valence-electron chi connectivity index (χ2n) is 5.53. The number of hydrogen-bond donors (Lipinski definition) is 1. The van der Waals surface area contributed by atoms with E-state index in [0.29, 0.717) is 18.7 Å². The van der Waals surface area contributed by atoms with Gasteiger partial charge >= 0.3 is 0 Å². The summed E-state index contributed by atoms with van der Waals surface area (Å²) in [6.45, 7) is 6.68. The Balaban J connectivity index is 2.09. The smallest absolute Gasteiger partial charge is 0.152 e. The van der Waals surface area contributed by atoms with Crippen molar-refractivity contribution < 1.29 is 8.42 Å². The molecule has 1 atom stereocenters. The first kappa shape index (κ1) is 13.5. The van der Waals surface area contributed by atoms with E-state index < -0.39 is 9.84 Å². The molecule has 0 aliphatic carbocycles. The minimum absolute atomic E-state index is 0.234. The average molecular weight is 271 g/mol. The van der Waals surface area contributed by atoms with E-state index in [2.05, 4.69) is 10.4 Å². The third-order valence-corrected chi connectivity index (χ3v) is 5.76. The fourth-order valence-electron chi connectivity index (χ4n) is 2.52. The molecule has 5 nitrogen and oxygen atoms in total. The number of aromatic nitrogens is 2. The third-order valence-electron chi connectivity index (χ3n) is 3.85. The van der Waals surface area contributed by atoms with Crippen molar-refractivity contribution in [1.82, 2.24) is 15.1 Å². The molecule has 0 amide bonds. The Morgan fingerprint density at radius 3 is 2.56 bits per heavy atom. The van der Waals surface area contributed by atoms with Gasteiger partial charge in [-0.1, -0.05) is 0 Å². The van der Waals surface area contributed by atoms with Crippen LogP contribution in [0.25, 0.3) is 0 Å². The van der Waals surface area contributed by atoms with E-state index in [0.717, 1.165) is 11.4 Å². The van der Waals surface area contributed by atoms with E-state index in [1.165, 1.54) is 5.56 Å². The number of hydrogen-bond acceptors (Lipinski definition) is 4. The molecule has 2 heterocycles. The molecule has 1 aromatic heterocycles. The maximum Gasteiger partial charge on any atom is 0.152 e. The molecule has 1 aliphatic rings. The predicted molar refractivity (Wildman–Crippen MR) is 71.2 cm³/mol. The monoisotopic (exact) mass is 271 g/mol. The molecule has 1 aromatic rings. The van der Waals surface area contributed by atoms with E-state index >= 15 is 0 Å². The first-order valence-corrected chi connectivity index (χ1v) is 7.99. The summed E-state index contributed by atoms with van der Waals surface area (Å²) < 4.78 is 24.9. The largest absolute Gasteiger partial charge is 0.306 e. The van der Waals surface area contributed by atoms with Crippen molar-refractivity contribution in [1.29, 1.82) is 0 Å². The molecule has 6 heteroatoms. The molecule has 1 unspecified atom stereocenters. The second kappa shape index (κ2) is 4.35. The van der Waals surface area contributed by atoms with Crippen LogP contribution in [0, 0.1) is 13.8 Å². The summed E-state index contributed by atoms with van der Waals surface area (Å²) in [5.74, 6) is 0.528. The molecule has 1 aliphatic heterocycles. The Bertz CT molecular complexity index is 562. The standard InChI is InChI=1S/C12H21N3O2S/c1-9-11(10(2)15(4)14-9)7-13-12(3)5-6-18(16,17)8-12/h13H,5-8H2,1-4H3. The van der Waals surface area contributed by atoms with E-state index in [1.807, 2.05) is 32.5 Å².